The number of hydrogen-bond donors (Lipinski definition) is 0. The molecule has 20 aromatic rings. The Bertz CT molecular complexity index is 6100. The van der Waals surface area contributed by atoms with E-state index < -0.39 is 0 Å². The minimum Gasteiger partial charge on any atom is -0.309 e. The standard InChI is InChI=1S/C86H53N7/c1-53-45-85(92-81-41-37-56(88-73-29-10-2-21-60(73)61-22-3-11-30-74(61)88)47-69(81)70-48-57(38-42-82(70)92)89-75-31-12-4-23-62(75)63-24-5-13-32-76(63)89)86(51-68(53)55-20-18-19-54(46-55)52-87)93-83-43-39-58(90-77-33-14-6-25-64(77)65-26-7-15-34-78(65)90)49-71(83)72-50-59(40-44-84(72)93)91-79-35-16-8-27-66(79)67-28-9-17-36-80(67)91/h2-51H,1H3. The van der Waals surface area contributed by atoms with Crippen LogP contribution < -0.4 is 0 Å². The first-order chi connectivity index (χ1) is 46.0. The number of nitrogens with zero attached hydrogens (tertiary/aromatic N) is 7. The molecule has 0 fully saturated rings. The van der Waals surface area contributed by atoms with Crippen LogP contribution in [0.2, 0.25) is 0 Å². The molecule has 432 valence electrons. The van der Waals surface area contributed by atoms with Crippen LogP contribution in [0.1, 0.15) is 11.1 Å². The highest BCUT2D eigenvalue weighted by atomic mass is 15.1. The van der Waals surface area contributed by atoms with Crippen LogP contribution in [0.15, 0.2) is 303 Å². The maximum atomic E-state index is 10.4. The molecule has 0 bridgehead atoms. The van der Waals surface area contributed by atoms with Gasteiger partial charge < -0.3 is 27.4 Å². The second-order valence-electron chi connectivity index (χ2n) is 24.8. The minimum absolute atomic E-state index is 0.616. The third-order valence-electron chi connectivity index (χ3n) is 19.9. The van der Waals surface area contributed by atoms with Gasteiger partial charge >= 0.3 is 0 Å². The Morgan fingerprint density at radius 3 is 0.763 bits per heavy atom. The number of rotatable bonds is 7. The summed E-state index contributed by atoms with van der Waals surface area (Å²) in [7, 11) is 0. The van der Waals surface area contributed by atoms with Gasteiger partial charge in [0.2, 0.25) is 0 Å². The molecular weight excluding hydrogens is 1130 g/mol. The predicted molar refractivity (Wildman–Crippen MR) is 387 cm³/mol. The highest BCUT2D eigenvalue weighted by Crippen LogP contribution is 2.46. The highest BCUT2D eigenvalue weighted by molar-refractivity contribution is 6.17. The molecule has 20 rings (SSSR count). The van der Waals surface area contributed by atoms with Gasteiger partial charge in [0.15, 0.2) is 0 Å². The van der Waals surface area contributed by atoms with Gasteiger partial charge in [0.05, 0.1) is 89.2 Å². The second kappa shape index (κ2) is 19.4. The number of nitriles is 1. The van der Waals surface area contributed by atoms with E-state index in [9.17, 15) is 5.26 Å². The smallest absolute Gasteiger partial charge is 0.0991 e. The molecule has 6 heterocycles. The van der Waals surface area contributed by atoms with Crippen molar-refractivity contribution in [3.63, 3.8) is 0 Å². The second-order valence-corrected chi connectivity index (χ2v) is 24.8. The zero-order chi connectivity index (χ0) is 61.2. The first-order valence-electron chi connectivity index (χ1n) is 31.8. The molecule has 0 saturated heterocycles. The monoisotopic (exact) mass is 1180 g/mol. The van der Waals surface area contributed by atoms with E-state index >= 15 is 0 Å². The largest absolute Gasteiger partial charge is 0.309 e. The number of benzene rings is 14. The average Bonchev–Trinajstić information content (AvgIpc) is 1.57. The molecule has 0 radical (unpaired) electrons. The van der Waals surface area contributed by atoms with Crippen molar-refractivity contribution >= 4 is 131 Å². The molecule has 7 heteroatoms. The molecule has 7 nitrogen and oxygen atoms in total. The molecule has 0 unspecified atom stereocenters. The summed E-state index contributed by atoms with van der Waals surface area (Å²) in [5.74, 6) is 0. The third kappa shape index (κ3) is 7.29. The first kappa shape index (κ1) is 51.3. The van der Waals surface area contributed by atoms with Gasteiger partial charge in [-0.15, -0.1) is 0 Å². The van der Waals surface area contributed by atoms with E-state index in [1.54, 1.807) is 0 Å². The van der Waals surface area contributed by atoms with Gasteiger partial charge in [-0.1, -0.05) is 158 Å². The van der Waals surface area contributed by atoms with Crippen LogP contribution >= 0.6 is 0 Å². The van der Waals surface area contributed by atoms with Crippen LogP contribution in [-0.2, 0) is 0 Å². The van der Waals surface area contributed by atoms with Crippen LogP contribution in [0, 0.1) is 18.3 Å². The van der Waals surface area contributed by atoms with Crippen LogP contribution in [0.25, 0.3) is 176 Å². The molecule has 6 aromatic heterocycles. The Balaban J connectivity index is 0.910. The summed E-state index contributed by atoms with van der Waals surface area (Å²) in [6, 6.07) is 114. The van der Waals surface area contributed by atoms with Gasteiger partial charge in [-0.3, -0.25) is 0 Å². The minimum atomic E-state index is 0.616. The molecule has 0 aliphatic rings. The van der Waals surface area contributed by atoms with Crippen LogP contribution in [-0.4, -0.2) is 27.4 Å². The summed E-state index contributed by atoms with van der Waals surface area (Å²) in [4.78, 5) is 0. The van der Waals surface area contributed by atoms with Crippen molar-refractivity contribution in [2.24, 2.45) is 0 Å². The summed E-state index contributed by atoms with van der Waals surface area (Å²) in [5, 5.41) is 24.7. The van der Waals surface area contributed by atoms with E-state index in [4.69, 9.17) is 0 Å². The Kier molecular flexibility index (Phi) is 10.7. The van der Waals surface area contributed by atoms with Crippen molar-refractivity contribution < 1.29 is 0 Å². The van der Waals surface area contributed by atoms with E-state index in [-0.39, 0.29) is 0 Å². The van der Waals surface area contributed by atoms with Crippen molar-refractivity contribution in [3.05, 3.63) is 314 Å². The van der Waals surface area contributed by atoms with Crippen molar-refractivity contribution in [1.82, 2.24) is 27.4 Å². The van der Waals surface area contributed by atoms with Gasteiger partial charge in [0.25, 0.3) is 0 Å². The molecule has 0 atom stereocenters. The van der Waals surface area contributed by atoms with Crippen molar-refractivity contribution in [2.45, 2.75) is 6.92 Å². The highest BCUT2D eigenvalue weighted by Gasteiger charge is 2.26. The molecule has 0 amide bonds. The summed E-state index contributed by atoms with van der Waals surface area (Å²) < 4.78 is 14.8. The molecule has 0 saturated carbocycles. The molecule has 0 aliphatic heterocycles. The Labute approximate surface area is 533 Å². The topological polar surface area (TPSA) is 53.4 Å². The predicted octanol–water partition coefficient (Wildman–Crippen LogP) is 22.1. The van der Waals surface area contributed by atoms with Crippen LogP contribution in [0.4, 0.5) is 0 Å². The summed E-state index contributed by atoms with van der Waals surface area (Å²) >= 11 is 0. The lowest BCUT2D eigenvalue weighted by molar-refractivity contribution is 1.09. The van der Waals surface area contributed by atoms with Crippen molar-refractivity contribution in [2.75, 3.05) is 0 Å². The lowest BCUT2D eigenvalue weighted by Gasteiger charge is -2.20. The number of para-hydroxylation sites is 8. The van der Waals surface area contributed by atoms with Crippen LogP contribution in [0.3, 0.4) is 0 Å². The average molecular weight is 1180 g/mol. The van der Waals surface area contributed by atoms with Gasteiger partial charge in [-0.2, -0.15) is 5.26 Å². The van der Waals surface area contributed by atoms with E-state index in [1.165, 1.54) is 43.1 Å². The van der Waals surface area contributed by atoms with E-state index in [2.05, 4.69) is 326 Å². The first-order valence-corrected chi connectivity index (χ1v) is 31.8. The van der Waals surface area contributed by atoms with Gasteiger partial charge in [-0.05, 0) is 169 Å². The molecule has 0 N–H and O–H groups in total. The fourth-order valence-electron chi connectivity index (χ4n) is 16.0. The number of aromatic nitrogens is 6. The van der Waals surface area contributed by atoms with E-state index in [1.807, 2.05) is 18.2 Å². The Morgan fingerprint density at radius 1 is 0.226 bits per heavy atom. The van der Waals surface area contributed by atoms with Crippen molar-refractivity contribution in [3.8, 4) is 51.3 Å². The lowest BCUT2D eigenvalue weighted by Crippen LogP contribution is -2.06. The normalized spacial score (nSPS) is 12.1. The summed E-state index contributed by atoms with van der Waals surface area (Å²) in [6.07, 6.45) is 0. The van der Waals surface area contributed by atoms with Crippen LogP contribution in [0.5, 0.6) is 0 Å². The Hall–Kier alpha value is -12.6. The number of hydrogen-bond acceptors (Lipinski definition) is 1. The molecule has 14 aromatic carbocycles. The van der Waals surface area contributed by atoms with E-state index in [0.29, 0.717) is 5.56 Å². The molecule has 93 heavy (non-hydrogen) atoms. The summed E-state index contributed by atoms with van der Waals surface area (Å²) in [6.45, 7) is 2.22. The fourth-order valence-corrected chi connectivity index (χ4v) is 16.0. The van der Waals surface area contributed by atoms with Gasteiger partial charge in [0, 0.05) is 87.4 Å². The number of fused-ring (bicyclic) bond motifs is 18. The zero-order valence-corrected chi connectivity index (χ0v) is 50.5. The zero-order valence-electron chi connectivity index (χ0n) is 50.5. The molecule has 0 aliphatic carbocycles. The van der Waals surface area contributed by atoms with Crippen molar-refractivity contribution in [1.29, 1.82) is 5.26 Å². The molecular formula is C86H53N7. The Morgan fingerprint density at radius 2 is 0.484 bits per heavy atom. The quantitative estimate of drug-likeness (QED) is 0.157. The number of aryl methyl sites for hydroxylation is 1. The lowest BCUT2D eigenvalue weighted by atomic mass is 9.97. The maximum absolute atomic E-state index is 10.4. The van der Waals surface area contributed by atoms with E-state index in [0.717, 1.165) is 139 Å². The van der Waals surface area contributed by atoms with Gasteiger partial charge in [-0.25, -0.2) is 0 Å². The summed E-state index contributed by atoms with van der Waals surface area (Å²) in [5.41, 5.74) is 23.7. The third-order valence-corrected chi connectivity index (χ3v) is 19.9. The fraction of sp³-hybridized carbons (Fsp3) is 0.0116. The van der Waals surface area contributed by atoms with Gasteiger partial charge in [0.1, 0.15) is 0 Å². The maximum Gasteiger partial charge on any atom is 0.0991 e. The molecule has 0 spiro atoms. The SMILES string of the molecule is Cc1cc(-n2c3ccc(-n4c5ccccc5c5ccccc54)cc3c3cc(-n4c5ccccc5c5ccccc54)ccc32)c(-n2c3ccc(-n4c5ccccc5c5ccccc54)cc3c3cc(-n4c5ccccc5c5ccccc54)ccc32)cc1-c1cccc(C#N)c1.